The molecule has 6 nitrogen and oxygen atoms in total. The van der Waals surface area contributed by atoms with E-state index in [9.17, 15) is 9.59 Å². The molecule has 1 atom stereocenters. The van der Waals surface area contributed by atoms with Gasteiger partial charge < -0.3 is 20.4 Å². The number of carbonyl (C=O) groups is 2. The first-order chi connectivity index (χ1) is 7.56. The molecule has 17 heavy (non-hydrogen) atoms. The second-order valence-corrected chi connectivity index (χ2v) is 4.02. The zero-order chi connectivity index (χ0) is 14.6. The number of carboxylic acid groups (broad SMARTS) is 2. The zero-order valence-electron chi connectivity index (χ0n) is 11.0. The molecule has 0 aromatic rings. The maximum Gasteiger partial charge on any atom is 0.305 e. The largest absolute Gasteiger partial charge is 0.481 e. The van der Waals surface area contributed by atoms with Crippen LogP contribution in [0.2, 0.25) is 0 Å². The Hall–Kier alpha value is -1.14. The van der Waals surface area contributed by atoms with Crippen molar-refractivity contribution >= 4 is 11.9 Å². The van der Waals surface area contributed by atoms with E-state index in [-0.39, 0.29) is 18.4 Å². The molecule has 0 saturated carbocycles. The third kappa shape index (κ3) is 31.3. The standard InChI is InChI=1S/2C4H8O2.C3H8O2/c2*1-3(2)4(5)6;1-3(5)2-4/h2*3H,1-2H3,(H,5,6);3-5H,2H2,1H3. The van der Waals surface area contributed by atoms with Gasteiger partial charge in [0.2, 0.25) is 0 Å². The maximum atomic E-state index is 9.70. The van der Waals surface area contributed by atoms with Crippen LogP contribution in [0.1, 0.15) is 34.6 Å². The number of rotatable bonds is 3. The van der Waals surface area contributed by atoms with E-state index >= 15 is 0 Å². The summed E-state index contributed by atoms with van der Waals surface area (Å²) in [6.45, 7) is 7.95. The Labute approximate surface area is 102 Å². The lowest BCUT2D eigenvalue weighted by Gasteiger charge is -1.90. The summed E-state index contributed by atoms with van der Waals surface area (Å²) in [5.41, 5.74) is 0. The molecule has 0 fully saturated rings. The maximum absolute atomic E-state index is 9.70. The fourth-order valence-electron chi connectivity index (χ4n) is 0. The van der Waals surface area contributed by atoms with Crippen molar-refractivity contribution in [1.29, 1.82) is 0 Å². The highest BCUT2D eigenvalue weighted by molar-refractivity contribution is 5.69. The van der Waals surface area contributed by atoms with Gasteiger partial charge in [0.1, 0.15) is 0 Å². The van der Waals surface area contributed by atoms with Crippen LogP contribution in [0, 0.1) is 11.8 Å². The van der Waals surface area contributed by atoms with E-state index in [1.165, 1.54) is 6.92 Å². The van der Waals surface area contributed by atoms with E-state index in [1.54, 1.807) is 27.7 Å². The topological polar surface area (TPSA) is 115 Å². The summed E-state index contributed by atoms with van der Waals surface area (Å²) in [5, 5.41) is 32.0. The predicted molar refractivity (Wildman–Crippen MR) is 63.7 cm³/mol. The van der Waals surface area contributed by atoms with Crippen LogP contribution in [0.3, 0.4) is 0 Å². The average molecular weight is 252 g/mol. The Morgan fingerprint density at radius 2 is 1.00 bits per heavy atom. The summed E-state index contributed by atoms with van der Waals surface area (Å²) < 4.78 is 0. The molecule has 0 radical (unpaired) electrons. The van der Waals surface area contributed by atoms with Gasteiger partial charge in [0.15, 0.2) is 0 Å². The van der Waals surface area contributed by atoms with Crippen molar-refractivity contribution in [3.8, 4) is 0 Å². The monoisotopic (exact) mass is 252 g/mol. The van der Waals surface area contributed by atoms with Crippen LogP contribution in [0.25, 0.3) is 0 Å². The Balaban J connectivity index is -0.000000174. The lowest BCUT2D eigenvalue weighted by Crippen LogP contribution is -2.03. The first-order valence-corrected chi connectivity index (χ1v) is 5.30. The smallest absolute Gasteiger partial charge is 0.305 e. The third-order valence-electron chi connectivity index (χ3n) is 1.25. The van der Waals surface area contributed by atoms with Crippen LogP contribution < -0.4 is 0 Å². The molecule has 0 spiro atoms. The molecule has 1 unspecified atom stereocenters. The first-order valence-electron chi connectivity index (χ1n) is 5.30. The Morgan fingerprint density at radius 3 is 1.00 bits per heavy atom. The minimum atomic E-state index is -0.741. The van der Waals surface area contributed by atoms with Crippen LogP contribution in [0.4, 0.5) is 0 Å². The van der Waals surface area contributed by atoms with E-state index in [0.29, 0.717) is 0 Å². The molecule has 0 aromatic heterocycles. The van der Waals surface area contributed by atoms with E-state index in [4.69, 9.17) is 20.4 Å². The fraction of sp³-hybridized carbons (Fsp3) is 0.818. The average Bonchev–Trinajstić information content (AvgIpc) is 2.19. The second-order valence-electron chi connectivity index (χ2n) is 4.02. The second kappa shape index (κ2) is 12.9. The lowest BCUT2D eigenvalue weighted by molar-refractivity contribution is -0.141. The minimum absolute atomic E-state index is 0.139. The molecule has 104 valence electrons. The number of hydrogen-bond acceptors (Lipinski definition) is 4. The van der Waals surface area contributed by atoms with Gasteiger partial charge in [-0.1, -0.05) is 27.7 Å². The molecule has 0 rings (SSSR count). The van der Waals surface area contributed by atoms with Crippen LogP contribution in [-0.2, 0) is 9.59 Å². The number of aliphatic hydroxyl groups excluding tert-OH is 2. The molecular formula is C11H24O6. The third-order valence-corrected chi connectivity index (χ3v) is 1.25. The van der Waals surface area contributed by atoms with E-state index < -0.39 is 18.0 Å². The fourth-order valence-corrected chi connectivity index (χ4v) is 0. The number of carboxylic acids is 2. The normalized spacial score (nSPS) is 10.9. The predicted octanol–water partition coefficient (Wildman–Crippen LogP) is 0.813. The van der Waals surface area contributed by atoms with Crippen LogP contribution in [0.5, 0.6) is 0 Å². The van der Waals surface area contributed by atoms with Crippen molar-refractivity contribution in [2.45, 2.75) is 40.7 Å². The molecule has 0 bridgehead atoms. The van der Waals surface area contributed by atoms with Gasteiger partial charge >= 0.3 is 11.9 Å². The molecule has 4 N–H and O–H groups in total. The number of hydrogen-bond donors (Lipinski definition) is 4. The van der Waals surface area contributed by atoms with Crippen LogP contribution in [-0.4, -0.2) is 45.1 Å². The molecular weight excluding hydrogens is 228 g/mol. The van der Waals surface area contributed by atoms with Gasteiger partial charge in [-0.05, 0) is 6.92 Å². The summed E-state index contributed by atoms with van der Waals surface area (Å²) in [4.78, 5) is 19.4. The Bertz CT molecular complexity index is 180. The summed E-state index contributed by atoms with van der Waals surface area (Å²) >= 11 is 0. The van der Waals surface area contributed by atoms with Gasteiger partial charge in [-0.3, -0.25) is 9.59 Å². The SMILES string of the molecule is CC(C)C(=O)O.CC(C)C(=O)O.CC(O)CO. The highest BCUT2D eigenvalue weighted by atomic mass is 16.4. The summed E-state index contributed by atoms with van der Waals surface area (Å²) in [7, 11) is 0. The lowest BCUT2D eigenvalue weighted by atomic mass is 10.2. The quantitative estimate of drug-likeness (QED) is 0.591. The summed E-state index contributed by atoms with van der Waals surface area (Å²) in [6.07, 6.45) is -0.560. The van der Waals surface area contributed by atoms with Gasteiger partial charge in [-0.15, -0.1) is 0 Å². The molecule has 6 heteroatoms. The Morgan fingerprint density at radius 1 is 0.882 bits per heavy atom. The van der Waals surface area contributed by atoms with E-state index in [2.05, 4.69) is 0 Å². The molecule has 0 saturated heterocycles. The van der Waals surface area contributed by atoms with E-state index in [0.717, 1.165) is 0 Å². The molecule has 0 aliphatic heterocycles. The molecule has 0 heterocycles. The van der Waals surface area contributed by atoms with Crippen LogP contribution >= 0.6 is 0 Å². The highest BCUT2D eigenvalue weighted by Gasteiger charge is 1.99. The van der Waals surface area contributed by atoms with Gasteiger partial charge in [0.25, 0.3) is 0 Å². The molecule has 0 aliphatic carbocycles. The highest BCUT2D eigenvalue weighted by Crippen LogP contribution is 1.87. The zero-order valence-corrected chi connectivity index (χ0v) is 11.0. The first kappa shape index (κ1) is 21.2. The molecule has 0 aromatic carbocycles. The van der Waals surface area contributed by atoms with Crippen molar-refractivity contribution < 1.29 is 30.0 Å². The van der Waals surface area contributed by atoms with E-state index in [1.807, 2.05) is 0 Å². The minimum Gasteiger partial charge on any atom is -0.481 e. The number of aliphatic hydroxyl groups is 2. The van der Waals surface area contributed by atoms with Crippen molar-refractivity contribution in [2.75, 3.05) is 6.61 Å². The van der Waals surface area contributed by atoms with Gasteiger partial charge in [-0.25, -0.2) is 0 Å². The van der Waals surface area contributed by atoms with Crippen molar-refractivity contribution in [1.82, 2.24) is 0 Å². The van der Waals surface area contributed by atoms with Gasteiger partial charge in [0.05, 0.1) is 24.5 Å². The van der Waals surface area contributed by atoms with Crippen molar-refractivity contribution in [2.24, 2.45) is 11.8 Å². The van der Waals surface area contributed by atoms with Gasteiger partial charge in [-0.2, -0.15) is 0 Å². The van der Waals surface area contributed by atoms with Crippen molar-refractivity contribution in [3.05, 3.63) is 0 Å². The molecule has 0 amide bonds. The summed E-state index contributed by atoms with van der Waals surface area (Å²) in [5.74, 6) is -1.94. The molecule has 0 aliphatic rings. The number of aliphatic carboxylic acids is 2. The van der Waals surface area contributed by atoms with Gasteiger partial charge in [0, 0.05) is 0 Å². The van der Waals surface area contributed by atoms with Crippen molar-refractivity contribution in [3.63, 3.8) is 0 Å². The van der Waals surface area contributed by atoms with Crippen LogP contribution in [0.15, 0.2) is 0 Å². The Kier molecular flexibility index (Phi) is 16.1. The summed E-state index contributed by atoms with van der Waals surface area (Å²) in [6, 6.07) is 0.